The molecule has 2 unspecified atom stereocenters. The van der Waals surface area contributed by atoms with Gasteiger partial charge in [-0.1, -0.05) is 40.5 Å². The minimum Gasteiger partial charge on any atom is -0.481 e. The molecule has 0 saturated heterocycles. The maximum absolute atomic E-state index is 11.7. The average molecular weight is 340 g/mol. The van der Waals surface area contributed by atoms with E-state index >= 15 is 0 Å². The molecule has 1 rings (SSSR count). The van der Waals surface area contributed by atoms with E-state index in [0.29, 0.717) is 5.02 Å². The zero-order chi connectivity index (χ0) is 13.0. The third-order valence-electron chi connectivity index (χ3n) is 2.19. The lowest BCUT2D eigenvalue weighted by molar-refractivity contribution is -0.140. The predicted molar refractivity (Wildman–Crippen MR) is 72.7 cm³/mol. The van der Waals surface area contributed by atoms with Gasteiger partial charge in [0.25, 0.3) is 0 Å². The van der Waals surface area contributed by atoms with Gasteiger partial charge >= 0.3 is 5.97 Å². The van der Waals surface area contributed by atoms with Gasteiger partial charge < -0.3 is 5.11 Å². The van der Waals surface area contributed by atoms with Crippen LogP contribution in [0.15, 0.2) is 22.7 Å². The Labute approximate surface area is 116 Å². The molecule has 0 aliphatic rings. The number of hydrogen-bond donors (Lipinski definition) is 1. The van der Waals surface area contributed by atoms with Gasteiger partial charge in [-0.05, 0) is 17.7 Å². The number of benzene rings is 1. The summed E-state index contributed by atoms with van der Waals surface area (Å²) in [6, 6.07) is 5.34. The van der Waals surface area contributed by atoms with E-state index in [1.807, 2.05) is 6.07 Å². The second kappa shape index (κ2) is 6.52. The number of carbonyl (C=O) groups is 1. The highest BCUT2D eigenvalue weighted by molar-refractivity contribution is 9.10. The zero-order valence-corrected chi connectivity index (χ0v) is 12.3. The van der Waals surface area contributed by atoms with Crippen molar-refractivity contribution in [2.75, 3.05) is 5.75 Å². The molecule has 94 valence electrons. The summed E-state index contributed by atoms with van der Waals surface area (Å²) in [5, 5.41) is 9.26. The molecule has 0 saturated carbocycles. The molecule has 3 nitrogen and oxygen atoms in total. The first-order valence-corrected chi connectivity index (χ1v) is 7.57. The van der Waals surface area contributed by atoms with Crippen LogP contribution in [0.2, 0.25) is 5.02 Å². The van der Waals surface area contributed by atoms with Crippen LogP contribution in [-0.4, -0.2) is 21.0 Å². The molecule has 0 aliphatic heterocycles. The van der Waals surface area contributed by atoms with E-state index in [2.05, 4.69) is 15.9 Å². The summed E-state index contributed by atoms with van der Waals surface area (Å²) in [5.74, 6) is -1.11. The molecule has 0 spiro atoms. The second-order valence-corrected chi connectivity index (χ2v) is 6.55. The Morgan fingerprint density at radius 2 is 2.24 bits per heavy atom. The molecule has 0 bridgehead atoms. The van der Waals surface area contributed by atoms with E-state index < -0.39 is 22.7 Å². The number of hydrogen-bond acceptors (Lipinski definition) is 2. The highest BCUT2D eigenvalue weighted by Crippen LogP contribution is 2.22. The van der Waals surface area contributed by atoms with E-state index in [1.165, 1.54) is 0 Å². The van der Waals surface area contributed by atoms with Gasteiger partial charge in [-0.25, -0.2) is 0 Å². The molecule has 0 aromatic heterocycles. The van der Waals surface area contributed by atoms with Crippen molar-refractivity contribution in [1.82, 2.24) is 0 Å². The Balaban J connectivity index is 2.65. The molecule has 1 aromatic rings. The standard InChI is InChI=1S/C11H12BrClO3S/c1-7(11(14)15)5-17(16)6-8-2-3-9(12)4-10(8)13/h2-4,7H,5-6H2,1H3,(H,14,15). The highest BCUT2D eigenvalue weighted by Gasteiger charge is 2.15. The lowest BCUT2D eigenvalue weighted by atomic mass is 10.2. The summed E-state index contributed by atoms with van der Waals surface area (Å²) in [7, 11) is -1.22. The van der Waals surface area contributed by atoms with Crippen molar-refractivity contribution in [2.24, 2.45) is 5.92 Å². The summed E-state index contributed by atoms with van der Waals surface area (Å²) in [6.45, 7) is 1.55. The van der Waals surface area contributed by atoms with Crippen molar-refractivity contribution in [3.8, 4) is 0 Å². The van der Waals surface area contributed by atoms with Crippen LogP contribution in [0, 0.1) is 5.92 Å². The van der Waals surface area contributed by atoms with Crippen molar-refractivity contribution in [1.29, 1.82) is 0 Å². The number of rotatable bonds is 5. The number of carboxylic acid groups (broad SMARTS) is 1. The first kappa shape index (κ1) is 14.7. The molecule has 0 heterocycles. The fourth-order valence-electron chi connectivity index (χ4n) is 1.22. The smallest absolute Gasteiger partial charge is 0.307 e. The number of carboxylic acids is 1. The van der Waals surface area contributed by atoms with Crippen molar-refractivity contribution in [3.05, 3.63) is 33.3 Å². The number of halogens is 2. The van der Waals surface area contributed by atoms with Crippen molar-refractivity contribution in [2.45, 2.75) is 12.7 Å². The first-order chi connectivity index (χ1) is 7.90. The van der Waals surface area contributed by atoms with Crippen molar-refractivity contribution in [3.63, 3.8) is 0 Å². The van der Waals surface area contributed by atoms with Gasteiger partial charge in [0.1, 0.15) is 0 Å². The van der Waals surface area contributed by atoms with E-state index in [1.54, 1.807) is 19.1 Å². The van der Waals surface area contributed by atoms with E-state index in [4.69, 9.17) is 16.7 Å². The third-order valence-corrected chi connectivity index (χ3v) is 4.54. The van der Waals surface area contributed by atoms with Crippen LogP contribution in [0.1, 0.15) is 12.5 Å². The van der Waals surface area contributed by atoms with Gasteiger partial charge in [0.2, 0.25) is 0 Å². The lowest BCUT2D eigenvalue weighted by Crippen LogP contribution is -2.18. The Bertz CT molecular complexity index is 450. The molecular weight excluding hydrogens is 328 g/mol. The third kappa shape index (κ3) is 4.77. The summed E-state index contributed by atoms with van der Waals surface area (Å²) < 4.78 is 12.6. The van der Waals surface area contributed by atoms with Crippen molar-refractivity contribution < 1.29 is 14.1 Å². The van der Waals surface area contributed by atoms with E-state index in [9.17, 15) is 9.00 Å². The largest absolute Gasteiger partial charge is 0.481 e. The quantitative estimate of drug-likeness (QED) is 0.897. The minimum atomic E-state index is -1.22. The average Bonchev–Trinajstić information content (AvgIpc) is 2.22. The van der Waals surface area contributed by atoms with Crippen LogP contribution >= 0.6 is 27.5 Å². The summed E-state index contributed by atoms with van der Waals surface area (Å²) in [5.41, 5.74) is 0.769. The maximum Gasteiger partial charge on any atom is 0.307 e. The molecule has 1 aromatic carbocycles. The molecule has 6 heteroatoms. The molecule has 0 fully saturated rings. The fraction of sp³-hybridized carbons (Fsp3) is 0.364. The van der Waals surface area contributed by atoms with Crippen LogP contribution in [0.25, 0.3) is 0 Å². The van der Waals surface area contributed by atoms with Crippen LogP contribution in [0.3, 0.4) is 0 Å². The molecular formula is C11H12BrClO3S. The summed E-state index contributed by atoms with van der Waals surface area (Å²) in [4.78, 5) is 10.6. The van der Waals surface area contributed by atoms with Crippen LogP contribution in [0.5, 0.6) is 0 Å². The van der Waals surface area contributed by atoms with Crippen molar-refractivity contribution >= 4 is 44.3 Å². The van der Waals surface area contributed by atoms with Gasteiger partial charge in [-0.2, -0.15) is 0 Å². The van der Waals surface area contributed by atoms with Crippen LogP contribution in [-0.2, 0) is 21.3 Å². The van der Waals surface area contributed by atoms with Gasteiger partial charge in [-0.15, -0.1) is 0 Å². The Kier molecular flexibility index (Phi) is 5.62. The summed E-state index contributed by atoms with van der Waals surface area (Å²) in [6.07, 6.45) is 0. The Hall–Kier alpha value is -0.390. The molecule has 0 amide bonds. The number of aliphatic carboxylic acids is 1. The minimum absolute atomic E-state index is 0.141. The monoisotopic (exact) mass is 338 g/mol. The topological polar surface area (TPSA) is 54.4 Å². The lowest BCUT2D eigenvalue weighted by Gasteiger charge is -2.07. The van der Waals surface area contributed by atoms with E-state index in [-0.39, 0.29) is 11.5 Å². The Morgan fingerprint density at radius 3 is 2.76 bits per heavy atom. The van der Waals surface area contributed by atoms with Crippen LogP contribution < -0.4 is 0 Å². The highest BCUT2D eigenvalue weighted by atomic mass is 79.9. The normalized spacial score (nSPS) is 14.3. The predicted octanol–water partition coefficient (Wildman–Crippen LogP) is 3.07. The van der Waals surface area contributed by atoms with E-state index in [0.717, 1.165) is 10.0 Å². The van der Waals surface area contributed by atoms with Gasteiger partial charge in [0.15, 0.2) is 0 Å². The molecule has 17 heavy (non-hydrogen) atoms. The fourth-order valence-corrected chi connectivity index (χ4v) is 3.46. The maximum atomic E-state index is 11.7. The molecule has 1 N–H and O–H groups in total. The first-order valence-electron chi connectivity index (χ1n) is 4.92. The van der Waals surface area contributed by atoms with Crippen LogP contribution in [0.4, 0.5) is 0 Å². The zero-order valence-electron chi connectivity index (χ0n) is 9.15. The Morgan fingerprint density at radius 1 is 1.59 bits per heavy atom. The SMILES string of the molecule is CC(CS(=O)Cc1ccc(Br)cc1Cl)C(=O)O. The molecule has 0 radical (unpaired) electrons. The van der Waals surface area contributed by atoms with Gasteiger partial charge in [0, 0.05) is 26.0 Å². The molecule has 2 atom stereocenters. The second-order valence-electron chi connectivity index (χ2n) is 3.73. The van der Waals surface area contributed by atoms with Gasteiger partial charge in [0.05, 0.1) is 11.7 Å². The summed E-state index contributed by atoms with van der Waals surface area (Å²) >= 11 is 9.28. The molecule has 0 aliphatic carbocycles. The van der Waals surface area contributed by atoms with Gasteiger partial charge in [-0.3, -0.25) is 9.00 Å².